The number of hydrogen-bond acceptors (Lipinski definition) is 8. The van der Waals surface area contributed by atoms with Crippen molar-refractivity contribution in [3.63, 3.8) is 0 Å². The average molecular weight is 436 g/mol. The smallest absolute Gasteiger partial charge is 0.258 e. The Morgan fingerprint density at radius 3 is 2.84 bits per heavy atom. The Morgan fingerprint density at radius 2 is 2.16 bits per heavy atom. The van der Waals surface area contributed by atoms with Crippen molar-refractivity contribution < 1.29 is 9.53 Å². The number of amidine groups is 1. The summed E-state index contributed by atoms with van der Waals surface area (Å²) in [6, 6.07) is 11.3. The summed E-state index contributed by atoms with van der Waals surface area (Å²) in [6.07, 6.45) is 5.09. The number of rotatable bonds is 7. The Balaban J connectivity index is 1.68. The molecule has 1 aromatic carbocycles. The van der Waals surface area contributed by atoms with Crippen LogP contribution < -0.4 is 15.6 Å². The zero-order chi connectivity index (χ0) is 22.9. The second-order valence-electron chi connectivity index (χ2n) is 7.27. The van der Waals surface area contributed by atoms with Gasteiger partial charge in [-0.25, -0.2) is 10.1 Å². The first-order chi connectivity index (χ1) is 15.5. The van der Waals surface area contributed by atoms with E-state index in [-0.39, 0.29) is 11.9 Å². The van der Waals surface area contributed by atoms with Gasteiger partial charge in [0.15, 0.2) is 5.84 Å². The molecule has 2 heterocycles. The van der Waals surface area contributed by atoms with Crippen molar-refractivity contribution in [3.8, 4) is 0 Å². The number of allylic oxidation sites excluding steroid dienone is 1. The summed E-state index contributed by atoms with van der Waals surface area (Å²) in [4.78, 5) is 23.4. The van der Waals surface area contributed by atoms with E-state index in [0.717, 1.165) is 18.1 Å². The second kappa shape index (κ2) is 11.1. The quantitative estimate of drug-likeness (QED) is 0.394. The zero-order valence-corrected chi connectivity index (χ0v) is 18.7. The number of nitrogens with one attached hydrogen (secondary N) is 2. The topological polar surface area (TPSA) is 94.5 Å². The minimum absolute atomic E-state index is 0.244. The normalized spacial score (nSPS) is 16.7. The number of pyridine rings is 1. The number of hydrazone groups is 1. The summed E-state index contributed by atoms with van der Waals surface area (Å²) >= 11 is 0. The number of hydrazine groups is 1. The van der Waals surface area contributed by atoms with Crippen LogP contribution in [0.5, 0.6) is 0 Å². The van der Waals surface area contributed by atoms with Crippen molar-refractivity contribution in [2.45, 2.75) is 19.9 Å². The van der Waals surface area contributed by atoms with Gasteiger partial charge in [0.1, 0.15) is 5.82 Å². The van der Waals surface area contributed by atoms with Crippen LogP contribution in [0.1, 0.15) is 24.2 Å². The molecule has 168 valence electrons. The highest BCUT2D eigenvalue weighted by molar-refractivity contribution is 6.10. The number of anilines is 2. The van der Waals surface area contributed by atoms with Crippen LogP contribution in [0.15, 0.2) is 64.8 Å². The van der Waals surface area contributed by atoms with E-state index in [1.165, 1.54) is 5.12 Å². The van der Waals surface area contributed by atoms with Gasteiger partial charge in [-0.3, -0.25) is 15.2 Å². The maximum Gasteiger partial charge on any atom is 0.258 e. The fraction of sp³-hybridized carbons (Fsp3) is 0.304. The summed E-state index contributed by atoms with van der Waals surface area (Å²) in [5.74, 6) is 0.915. The Kier molecular flexibility index (Phi) is 7.93. The summed E-state index contributed by atoms with van der Waals surface area (Å²) < 4.78 is 5.47. The summed E-state index contributed by atoms with van der Waals surface area (Å²) in [7, 11) is 1.73. The van der Waals surface area contributed by atoms with Gasteiger partial charge < -0.3 is 15.0 Å². The fourth-order valence-electron chi connectivity index (χ4n) is 3.27. The van der Waals surface area contributed by atoms with E-state index in [2.05, 4.69) is 44.4 Å². The third kappa shape index (κ3) is 5.92. The van der Waals surface area contributed by atoms with Crippen LogP contribution in [0.3, 0.4) is 0 Å². The van der Waals surface area contributed by atoms with Crippen molar-refractivity contribution in [1.82, 2.24) is 15.4 Å². The number of para-hydroxylation sites is 2. The first-order valence-electron chi connectivity index (χ1n) is 10.4. The Hall–Kier alpha value is -3.72. The largest absolute Gasteiger partial charge is 0.377 e. The van der Waals surface area contributed by atoms with Gasteiger partial charge in [-0.1, -0.05) is 18.2 Å². The third-order valence-electron chi connectivity index (χ3n) is 4.85. The first-order valence-corrected chi connectivity index (χ1v) is 10.4. The van der Waals surface area contributed by atoms with E-state index in [0.29, 0.717) is 30.3 Å². The number of morpholine rings is 1. The van der Waals surface area contributed by atoms with E-state index in [4.69, 9.17) is 4.74 Å². The Labute approximate surface area is 188 Å². The maximum absolute atomic E-state index is 12.8. The minimum atomic E-state index is -0.294. The minimum Gasteiger partial charge on any atom is -0.377 e. The van der Waals surface area contributed by atoms with E-state index in [1.54, 1.807) is 31.5 Å². The number of carbonyl (C=O) groups is 1. The molecule has 1 fully saturated rings. The molecule has 3 rings (SSSR count). The van der Waals surface area contributed by atoms with E-state index in [9.17, 15) is 4.79 Å². The monoisotopic (exact) mass is 435 g/mol. The van der Waals surface area contributed by atoms with Gasteiger partial charge in [-0.15, -0.1) is 5.10 Å². The molecule has 0 saturated carbocycles. The fourth-order valence-corrected chi connectivity index (χ4v) is 3.27. The highest BCUT2D eigenvalue weighted by atomic mass is 16.5. The van der Waals surface area contributed by atoms with Crippen molar-refractivity contribution in [2.24, 2.45) is 10.1 Å². The number of amides is 1. The number of benzene rings is 1. The van der Waals surface area contributed by atoms with E-state index >= 15 is 0 Å². The number of carbonyl (C=O) groups excluding carboxylic acids is 1. The molecule has 32 heavy (non-hydrogen) atoms. The molecular formula is C23H29N7O2. The molecule has 0 aliphatic carbocycles. The zero-order valence-electron chi connectivity index (χ0n) is 18.7. The molecule has 1 aromatic heterocycles. The van der Waals surface area contributed by atoms with Gasteiger partial charge in [0.05, 0.1) is 36.2 Å². The van der Waals surface area contributed by atoms with Crippen molar-refractivity contribution in [3.05, 3.63) is 60.3 Å². The lowest BCUT2D eigenvalue weighted by molar-refractivity contribution is 0.0973. The van der Waals surface area contributed by atoms with Crippen molar-refractivity contribution in [2.75, 3.05) is 37.1 Å². The molecule has 0 bridgehead atoms. The van der Waals surface area contributed by atoms with Crippen LogP contribution in [-0.2, 0) is 4.74 Å². The standard InChI is InChI=1S/C23H29N7O2/c1-5-8-21(28-29(4)27-20-10-7-6-9-19(20)24-3)26-23(31)18-11-12-22(25-15-18)30-13-14-32-16-17(30)2/h5-12,15,17,27H,3,13-14,16H2,1-2,4H3,(H,26,28,31)/b8-5+. The van der Waals surface area contributed by atoms with Gasteiger partial charge in [0, 0.05) is 19.8 Å². The van der Waals surface area contributed by atoms with E-state index < -0.39 is 0 Å². The first kappa shape index (κ1) is 23.0. The SMILES string of the molecule is C=Nc1ccccc1NN(C)/N=C(\C=C\C)NC(=O)c1ccc(N2CCOCC2C)nc1. The highest BCUT2D eigenvalue weighted by Gasteiger charge is 2.20. The molecule has 2 aromatic rings. The number of nitrogens with zero attached hydrogens (tertiary/aromatic N) is 5. The van der Waals surface area contributed by atoms with Crippen molar-refractivity contribution in [1.29, 1.82) is 0 Å². The van der Waals surface area contributed by atoms with Gasteiger partial charge in [0.2, 0.25) is 0 Å². The number of ether oxygens (including phenoxy) is 1. The molecule has 1 aliphatic heterocycles. The molecule has 0 spiro atoms. The summed E-state index contributed by atoms with van der Waals surface area (Å²) in [5.41, 5.74) is 5.01. The van der Waals surface area contributed by atoms with Crippen molar-refractivity contribution >= 4 is 35.7 Å². The highest BCUT2D eigenvalue weighted by Crippen LogP contribution is 2.23. The van der Waals surface area contributed by atoms with Gasteiger partial charge in [0.25, 0.3) is 5.91 Å². The van der Waals surface area contributed by atoms with Gasteiger partial charge in [-0.2, -0.15) is 0 Å². The molecule has 0 radical (unpaired) electrons. The van der Waals surface area contributed by atoms with Crippen LogP contribution in [0.4, 0.5) is 17.2 Å². The Morgan fingerprint density at radius 1 is 1.34 bits per heavy atom. The molecule has 1 atom stereocenters. The predicted molar refractivity (Wildman–Crippen MR) is 129 cm³/mol. The summed E-state index contributed by atoms with van der Waals surface area (Å²) in [6.45, 7) is 9.64. The predicted octanol–water partition coefficient (Wildman–Crippen LogP) is 3.22. The molecule has 1 amide bonds. The molecular weight excluding hydrogens is 406 g/mol. The Bertz CT molecular complexity index is 988. The van der Waals surface area contributed by atoms with E-state index in [1.807, 2.05) is 37.3 Å². The van der Waals surface area contributed by atoms with Crippen LogP contribution in [0.2, 0.25) is 0 Å². The number of hydrogen-bond donors (Lipinski definition) is 2. The average Bonchev–Trinajstić information content (AvgIpc) is 2.80. The molecule has 1 unspecified atom stereocenters. The third-order valence-corrected chi connectivity index (χ3v) is 4.85. The second-order valence-corrected chi connectivity index (χ2v) is 7.27. The van der Waals surface area contributed by atoms with Gasteiger partial charge >= 0.3 is 0 Å². The molecule has 9 heteroatoms. The van der Waals surface area contributed by atoms with Crippen LogP contribution >= 0.6 is 0 Å². The molecule has 2 N–H and O–H groups in total. The molecule has 1 saturated heterocycles. The van der Waals surface area contributed by atoms with Gasteiger partial charge in [-0.05, 0) is 50.9 Å². The number of aliphatic imine (C=N–C) groups is 1. The van der Waals surface area contributed by atoms with Crippen LogP contribution in [0, 0.1) is 0 Å². The molecule has 9 nitrogen and oxygen atoms in total. The lowest BCUT2D eigenvalue weighted by atomic mass is 10.2. The van der Waals surface area contributed by atoms with Crippen LogP contribution in [0.25, 0.3) is 0 Å². The van der Waals surface area contributed by atoms with Crippen LogP contribution in [-0.4, -0.2) is 61.4 Å². The number of aromatic nitrogens is 1. The summed E-state index contributed by atoms with van der Waals surface area (Å²) in [5, 5.41) is 8.74. The molecule has 1 aliphatic rings. The maximum atomic E-state index is 12.8. The lowest BCUT2D eigenvalue weighted by Gasteiger charge is -2.34. The lowest BCUT2D eigenvalue weighted by Crippen LogP contribution is -2.44.